The van der Waals surface area contributed by atoms with E-state index in [4.69, 9.17) is 21.1 Å². The standard InChI is InChI=1S/C19H27ClO3/c1-19(2,3)23-18(21)17(20)13-9-4-5-10-14-22-15-16-11-7-6-8-12-16/h6-9,11-13,17H,4-5,10,14-15H2,1-3H3/b13-9+/t17-/m0/s1. The summed E-state index contributed by atoms with van der Waals surface area (Å²) in [6.45, 7) is 6.87. The van der Waals surface area contributed by atoms with Gasteiger partial charge in [0.15, 0.2) is 0 Å². The smallest absolute Gasteiger partial charge is 0.328 e. The molecule has 4 heteroatoms. The van der Waals surface area contributed by atoms with Gasteiger partial charge in [-0.25, -0.2) is 0 Å². The molecule has 1 aromatic rings. The third kappa shape index (κ3) is 10.1. The van der Waals surface area contributed by atoms with Crippen LogP contribution in [0.1, 0.15) is 45.6 Å². The topological polar surface area (TPSA) is 35.5 Å². The Hall–Kier alpha value is -1.32. The summed E-state index contributed by atoms with van der Waals surface area (Å²) < 4.78 is 10.8. The van der Waals surface area contributed by atoms with Crippen LogP contribution in [-0.4, -0.2) is 23.6 Å². The van der Waals surface area contributed by atoms with E-state index in [1.165, 1.54) is 5.56 Å². The fourth-order valence-electron chi connectivity index (χ4n) is 1.88. The van der Waals surface area contributed by atoms with Crippen molar-refractivity contribution in [2.45, 2.75) is 57.6 Å². The van der Waals surface area contributed by atoms with Gasteiger partial charge in [-0.05, 0) is 45.6 Å². The van der Waals surface area contributed by atoms with Gasteiger partial charge in [-0.3, -0.25) is 4.79 Å². The first kappa shape index (κ1) is 19.7. The van der Waals surface area contributed by atoms with Crippen molar-refractivity contribution < 1.29 is 14.3 Å². The fraction of sp³-hybridized carbons (Fsp3) is 0.526. The Morgan fingerprint density at radius 3 is 2.57 bits per heavy atom. The first-order chi connectivity index (χ1) is 10.9. The van der Waals surface area contributed by atoms with Gasteiger partial charge in [0.1, 0.15) is 11.0 Å². The van der Waals surface area contributed by atoms with Gasteiger partial charge in [0.05, 0.1) is 6.61 Å². The van der Waals surface area contributed by atoms with Gasteiger partial charge in [-0.15, -0.1) is 11.6 Å². The lowest BCUT2D eigenvalue weighted by atomic mass is 10.2. The van der Waals surface area contributed by atoms with Crippen LogP contribution in [0.4, 0.5) is 0 Å². The van der Waals surface area contributed by atoms with Crippen LogP contribution in [0.25, 0.3) is 0 Å². The Morgan fingerprint density at radius 2 is 1.91 bits per heavy atom. The molecule has 0 aromatic heterocycles. The lowest BCUT2D eigenvalue weighted by molar-refractivity contribution is -0.153. The zero-order chi connectivity index (χ0) is 17.1. The molecule has 0 N–H and O–H groups in total. The molecule has 1 rings (SSSR count). The summed E-state index contributed by atoms with van der Waals surface area (Å²) in [4.78, 5) is 11.7. The van der Waals surface area contributed by atoms with Crippen molar-refractivity contribution >= 4 is 17.6 Å². The number of carbonyl (C=O) groups excluding carboxylic acids is 1. The highest BCUT2D eigenvalue weighted by molar-refractivity contribution is 6.31. The molecule has 3 nitrogen and oxygen atoms in total. The van der Waals surface area contributed by atoms with E-state index in [1.807, 2.05) is 45.0 Å². The number of unbranched alkanes of at least 4 members (excludes halogenated alkanes) is 2. The van der Waals surface area contributed by atoms with E-state index in [-0.39, 0.29) is 0 Å². The number of hydrogen-bond donors (Lipinski definition) is 0. The van der Waals surface area contributed by atoms with E-state index >= 15 is 0 Å². The second kappa shape index (κ2) is 10.5. The van der Waals surface area contributed by atoms with E-state index in [0.29, 0.717) is 6.61 Å². The van der Waals surface area contributed by atoms with Gasteiger partial charge < -0.3 is 9.47 Å². The summed E-state index contributed by atoms with van der Waals surface area (Å²) >= 11 is 5.98. The lowest BCUT2D eigenvalue weighted by Gasteiger charge is -2.20. The van der Waals surface area contributed by atoms with Crippen LogP contribution < -0.4 is 0 Å². The predicted molar refractivity (Wildman–Crippen MR) is 94.6 cm³/mol. The molecule has 0 bridgehead atoms. The average molecular weight is 339 g/mol. The number of alkyl halides is 1. The van der Waals surface area contributed by atoms with Crippen molar-refractivity contribution in [2.75, 3.05) is 6.61 Å². The third-order valence-electron chi connectivity index (χ3n) is 2.96. The van der Waals surface area contributed by atoms with Gasteiger partial charge >= 0.3 is 5.97 Å². The molecule has 23 heavy (non-hydrogen) atoms. The number of hydrogen-bond acceptors (Lipinski definition) is 3. The predicted octanol–water partition coefficient (Wildman–Crippen LogP) is 4.88. The van der Waals surface area contributed by atoms with Crippen molar-refractivity contribution in [1.82, 2.24) is 0 Å². The van der Waals surface area contributed by atoms with Crippen LogP contribution in [0, 0.1) is 0 Å². The van der Waals surface area contributed by atoms with Crippen LogP contribution in [0.5, 0.6) is 0 Å². The quantitative estimate of drug-likeness (QED) is 0.278. The molecule has 1 aromatic carbocycles. The van der Waals surface area contributed by atoms with E-state index in [2.05, 4.69) is 12.1 Å². The number of carbonyl (C=O) groups is 1. The Bertz CT molecular complexity index is 477. The summed E-state index contributed by atoms with van der Waals surface area (Å²) in [6.07, 6.45) is 6.49. The maximum Gasteiger partial charge on any atom is 0.328 e. The minimum atomic E-state index is -0.719. The molecule has 0 aliphatic carbocycles. The van der Waals surface area contributed by atoms with E-state index in [9.17, 15) is 4.79 Å². The Labute approximate surface area is 144 Å². The zero-order valence-corrected chi connectivity index (χ0v) is 15.0. The van der Waals surface area contributed by atoms with Crippen LogP contribution in [0.3, 0.4) is 0 Å². The molecule has 0 saturated carbocycles. The maximum atomic E-state index is 11.7. The van der Waals surface area contributed by atoms with Crippen LogP contribution in [0.15, 0.2) is 42.5 Å². The van der Waals surface area contributed by atoms with Gasteiger partial charge in [-0.2, -0.15) is 0 Å². The van der Waals surface area contributed by atoms with Crippen LogP contribution in [0.2, 0.25) is 0 Å². The molecule has 0 heterocycles. The molecule has 128 valence electrons. The molecule has 0 aliphatic heterocycles. The highest BCUT2D eigenvalue weighted by Gasteiger charge is 2.21. The molecule has 0 spiro atoms. The SMILES string of the molecule is CC(C)(C)OC(=O)[C@@H](Cl)/C=C/CCCCOCc1ccccc1. The zero-order valence-electron chi connectivity index (χ0n) is 14.3. The number of esters is 1. The summed E-state index contributed by atoms with van der Waals surface area (Å²) in [5.74, 6) is -0.401. The van der Waals surface area contributed by atoms with Gasteiger partial charge in [0.25, 0.3) is 0 Å². The van der Waals surface area contributed by atoms with Crippen molar-refractivity contribution in [1.29, 1.82) is 0 Å². The van der Waals surface area contributed by atoms with E-state index in [1.54, 1.807) is 6.08 Å². The Balaban J connectivity index is 2.06. The fourth-order valence-corrected chi connectivity index (χ4v) is 2.03. The lowest BCUT2D eigenvalue weighted by Crippen LogP contribution is -2.28. The molecule has 0 saturated heterocycles. The normalized spacial score (nSPS) is 13.2. The molecule has 0 radical (unpaired) electrons. The number of halogens is 1. The maximum absolute atomic E-state index is 11.7. The molecule has 0 unspecified atom stereocenters. The van der Waals surface area contributed by atoms with Crippen molar-refractivity contribution in [3.63, 3.8) is 0 Å². The number of ether oxygens (including phenoxy) is 2. The van der Waals surface area contributed by atoms with Gasteiger partial charge in [0, 0.05) is 6.61 Å². The molecule has 0 aliphatic rings. The number of benzene rings is 1. The van der Waals surface area contributed by atoms with Crippen molar-refractivity contribution in [2.24, 2.45) is 0 Å². The van der Waals surface area contributed by atoms with Gasteiger partial charge in [0.2, 0.25) is 0 Å². The van der Waals surface area contributed by atoms with E-state index in [0.717, 1.165) is 25.9 Å². The first-order valence-electron chi connectivity index (χ1n) is 8.04. The molecular formula is C19H27ClO3. The molecule has 0 fully saturated rings. The Morgan fingerprint density at radius 1 is 1.22 bits per heavy atom. The number of allylic oxidation sites excluding steroid dienone is 1. The second-order valence-corrected chi connectivity index (χ2v) is 6.87. The summed E-state index contributed by atoms with van der Waals surface area (Å²) in [7, 11) is 0. The van der Waals surface area contributed by atoms with E-state index < -0.39 is 16.9 Å². The van der Waals surface area contributed by atoms with Crippen LogP contribution >= 0.6 is 11.6 Å². The van der Waals surface area contributed by atoms with Crippen molar-refractivity contribution in [3.8, 4) is 0 Å². The first-order valence-corrected chi connectivity index (χ1v) is 8.47. The Kier molecular flexibility index (Phi) is 8.97. The third-order valence-corrected chi connectivity index (χ3v) is 3.28. The average Bonchev–Trinajstić information content (AvgIpc) is 2.49. The molecular weight excluding hydrogens is 312 g/mol. The summed E-state index contributed by atoms with van der Waals surface area (Å²) in [6, 6.07) is 10.1. The largest absolute Gasteiger partial charge is 0.459 e. The summed E-state index contributed by atoms with van der Waals surface area (Å²) in [5.41, 5.74) is 0.684. The molecule has 0 amide bonds. The molecule has 1 atom stereocenters. The highest BCUT2D eigenvalue weighted by Crippen LogP contribution is 2.12. The monoisotopic (exact) mass is 338 g/mol. The minimum Gasteiger partial charge on any atom is -0.459 e. The highest BCUT2D eigenvalue weighted by atomic mass is 35.5. The summed E-state index contributed by atoms with van der Waals surface area (Å²) in [5, 5.41) is -0.719. The van der Waals surface area contributed by atoms with Crippen LogP contribution in [-0.2, 0) is 20.9 Å². The van der Waals surface area contributed by atoms with Gasteiger partial charge in [-0.1, -0.05) is 42.5 Å². The van der Waals surface area contributed by atoms with Crippen molar-refractivity contribution in [3.05, 3.63) is 48.0 Å². The minimum absolute atomic E-state index is 0.401. The second-order valence-electron chi connectivity index (χ2n) is 6.40. The number of rotatable bonds is 9.